The Kier molecular flexibility index (Phi) is 6.79. The second-order valence-corrected chi connectivity index (χ2v) is 9.76. The molecule has 0 unspecified atom stereocenters. The summed E-state index contributed by atoms with van der Waals surface area (Å²) < 4.78 is 1.96. The molecule has 0 saturated carbocycles. The summed E-state index contributed by atoms with van der Waals surface area (Å²) in [5.41, 5.74) is 3.03. The van der Waals surface area contributed by atoms with Gasteiger partial charge in [0.2, 0.25) is 5.91 Å². The number of hydrogen-bond acceptors (Lipinski definition) is 6. The summed E-state index contributed by atoms with van der Waals surface area (Å²) in [7, 11) is 0. The second-order valence-electron chi connectivity index (χ2n) is 7.22. The molecule has 29 heavy (non-hydrogen) atoms. The van der Waals surface area contributed by atoms with Crippen molar-refractivity contribution in [2.45, 2.75) is 58.6 Å². The fourth-order valence-electron chi connectivity index (χ4n) is 3.13. The first-order chi connectivity index (χ1) is 13.8. The van der Waals surface area contributed by atoms with Gasteiger partial charge in [-0.05, 0) is 52.7 Å². The van der Waals surface area contributed by atoms with Gasteiger partial charge >= 0.3 is 0 Å². The molecule has 0 aliphatic carbocycles. The van der Waals surface area contributed by atoms with E-state index in [2.05, 4.69) is 20.4 Å². The number of rotatable bonds is 8. The maximum atomic E-state index is 12.3. The molecular formula is C20H27N5O2S2. The zero-order chi connectivity index (χ0) is 21.1. The van der Waals surface area contributed by atoms with Crippen molar-refractivity contribution in [3.63, 3.8) is 0 Å². The quantitative estimate of drug-likeness (QED) is 0.532. The van der Waals surface area contributed by atoms with Crippen molar-refractivity contribution in [3.8, 4) is 0 Å². The maximum absolute atomic E-state index is 12.3. The number of hydrogen-bond donors (Lipinski definition) is 2. The number of nitrogens with zero attached hydrogens (tertiary/aromatic N) is 3. The summed E-state index contributed by atoms with van der Waals surface area (Å²) in [5.74, 6) is 1.09. The number of H-pyrrole nitrogens is 1. The first-order valence-corrected chi connectivity index (χ1v) is 11.5. The minimum atomic E-state index is -0.225. The molecule has 156 valence electrons. The molecule has 0 aromatic carbocycles. The van der Waals surface area contributed by atoms with Crippen molar-refractivity contribution >= 4 is 39.2 Å². The van der Waals surface area contributed by atoms with E-state index < -0.39 is 0 Å². The first kappa shape index (κ1) is 21.6. The minimum absolute atomic E-state index is 0.00500. The molecule has 2 N–H and O–H groups in total. The average Bonchev–Trinajstić information content (AvgIpc) is 3.14. The SMILES string of the molecule is Cc1cc(C)n(CCCNC(=O)[C@@H](C)SCc2nc3sc(C)c(C)c3c(=O)[nH]2)n1. The molecule has 7 nitrogen and oxygen atoms in total. The first-order valence-electron chi connectivity index (χ1n) is 9.65. The number of amides is 1. The van der Waals surface area contributed by atoms with Gasteiger partial charge in [0.25, 0.3) is 5.56 Å². The molecule has 3 rings (SSSR count). The molecule has 0 radical (unpaired) electrons. The molecule has 0 saturated heterocycles. The zero-order valence-corrected chi connectivity index (χ0v) is 19.1. The lowest BCUT2D eigenvalue weighted by Gasteiger charge is -2.12. The zero-order valence-electron chi connectivity index (χ0n) is 17.5. The van der Waals surface area contributed by atoms with Crippen molar-refractivity contribution in [2.75, 3.05) is 6.54 Å². The number of aromatic amines is 1. The van der Waals surface area contributed by atoms with E-state index >= 15 is 0 Å². The van der Waals surface area contributed by atoms with Crippen LogP contribution >= 0.6 is 23.1 Å². The second kappa shape index (κ2) is 9.13. The van der Waals surface area contributed by atoms with Crippen molar-refractivity contribution in [3.05, 3.63) is 44.1 Å². The number of carbonyl (C=O) groups is 1. The van der Waals surface area contributed by atoms with E-state index in [-0.39, 0.29) is 16.7 Å². The Morgan fingerprint density at radius 1 is 1.34 bits per heavy atom. The summed E-state index contributed by atoms with van der Waals surface area (Å²) in [6.07, 6.45) is 0.827. The van der Waals surface area contributed by atoms with Crippen LogP contribution in [-0.4, -0.2) is 37.5 Å². The molecule has 0 spiro atoms. The molecule has 3 heterocycles. The van der Waals surface area contributed by atoms with E-state index in [0.29, 0.717) is 23.5 Å². The van der Waals surface area contributed by atoms with E-state index in [1.54, 1.807) is 0 Å². The van der Waals surface area contributed by atoms with E-state index in [9.17, 15) is 9.59 Å². The maximum Gasteiger partial charge on any atom is 0.259 e. The molecule has 0 aliphatic heterocycles. The van der Waals surface area contributed by atoms with Gasteiger partial charge in [-0.15, -0.1) is 23.1 Å². The van der Waals surface area contributed by atoms with Crippen LogP contribution in [0.15, 0.2) is 10.9 Å². The van der Waals surface area contributed by atoms with Gasteiger partial charge in [-0.25, -0.2) is 4.98 Å². The summed E-state index contributed by atoms with van der Waals surface area (Å²) in [6, 6.07) is 2.05. The third-order valence-electron chi connectivity index (χ3n) is 4.88. The molecule has 0 fully saturated rings. The predicted molar refractivity (Wildman–Crippen MR) is 120 cm³/mol. The highest BCUT2D eigenvalue weighted by atomic mass is 32.2. The van der Waals surface area contributed by atoms with Gasteiger partial charge in [0, 0.05) is 23.7 Å². The number of thiophene rings is 1. The smallest absolute Gasteiger partial charge is 0.259 e. The van der Waals surface area contributed by atoms with Crippen LogP contribution in [0.2, 0.25) is 0 Å². The lowest BCUT2D eigenvalue weighted by Crippen LogP contribution is -2.32. The van der Waals surface area contributed by atoms with Gasteiger partial charge in [-0.3, -0.25) is 14.3 Å². The summed E-state index contributed by atoms with van der Waals surface area (Å²) in [4.78, 5) is 34.0. The number of nitrogens with one attached hydrogen (secondary N) is 2. The Hall–Kier alpha value is -2.13. The van der Waals surface area contributed by atoms with Gasteiger partial charge in [-0.1, -0.05) is 0 Å². The molecule has 3 aromatic rings. The number of carbonyl (C=O) groups excluding carboxylic acids is 1. The third kappa shape index (κ3) is 5.08. The van der Waals surface area contributed by atoms with Crippen LogP contribution in [0, 0.1) is 27.7 Å². The molecule has 0 aliphatic rings. The molecule has 1 atom stereocenters. The molecule has 0 bridgehead atoms. The van der Waals surface area contributed by atoms with Crippen LogP contribution in [0.3, 0.4) is 0 Å². The Balaban J connectivity index is 1.48. The van der Waals surface area contributed by atoms with Crippen molar-refractivity contribution in [1.82, 2.24) is 25.1 Å². The van der Waals surface area contributed by atoms with Gasteiger partial charge < -0.3 is 10.3 Å². The Bertz CT molecular complexity index is 1080. The third-order valence-corrected chi connectivity index (χ3v) is 7.13. The highest BCUT2D eigenvalue weighted by molar-refractivity contribution is 7.99. The van der Waals surface area contributed by atoms with Crippen LogP contribution in [-0.2, 0) is 17.1 Å². The Labute approximate surface area is 178 Å². The van der Waals surface area contributed by atoms with E-state index in [1.165, 1.54) is 23.1 Å². The standard InChI is InChI=1S/C20H27N5O2S2/c1-11-9-12(2)25(24-11)8-6-7-21-18(26)15(5)28-10-16-22-19(27)17-13(3)14(4)29-20(17)23-16/h9,15H,6-8,10H2,1-5H3,(H,21,26)(H,22,23,27)/t15-/m1/s1. The average molecular weight is 434 g/mol. The minimum Gasteiger partial charge on any atom is -0.355 e. The topological polar surface area (TPSA) is 92.7 Å². The Morgan fingerprint density at radius 2 is 2.10 bits per heavy atom. The van der Waals surface area contributed by atoms with Crippen molar-refractivity contribution in [1.29, 1.82) is 0 Å². The fraction of sp³-hybridized carbons (Fsp3) is 0.500. The van der Waals surface area contributed by atoms with E-state index in [4.69, 9.17) is 0 Å². The Morgan fingerprint density at radius 3 is 2.79 bits per heavy atom. The molecular weight excluding hydrogens is 406 g/mol. The highest BCUT2D eigenvalue weighted by Gasteiger charge is 2.16. The van der Waals surface area contributed by atoms with Gasteiger partial charge in [0.15, 0.2) is 0 Å². The van der Waals surface area contributed by atoms with Gasteiger partial charge in [0.05, 0.1) is 22.1 Å². The van der Waals surface area contributed by atoms with E-state index in [1.807, 2.05) is 45.4 Å². The van der Waals surface area contributed by atoms with Crippen LogP contribution < -0.4 is 10.9 Å². The predicted octanol–water partition coefficient (Wildman–Crippen LogP) is 3.24. The number of aryl methyl sites for hydroxylation is 5. The monoisotopic (exact) mass is 433 g/mol. The lowest BCUT2D eigenvalue weighted by atomic mass is 10.2. The molecule has 1 amide bonds. The van der Waals surface area contributed by atoms with Crippen LogP contribution in [0.1, 0.15) is 41.0 Å². The largest absolute Gasteiger partial charge is 0.355 e. The normalized spacial score (nSPS) is 12.4. The summed E-state index contributed by atoms with van der Waals surface area (Å²) in [6.45, 7) is 11.2. The van der Waals surface area contributed by atoms with Gasteiger partial charge in [-0.2, -0.15) is 5.10 Å². The summed E-state index contributed by atoms with van der Waals surface area (Å²) in [5, 5.41) is 7.85. The van der Waals surface area contributed by atoms with Crippen molar-refractivity contribution in [2.24, 2.45) is 0 Å². The van der Waals surface area contributed by atoms with Crippen molar-refractivity contribution < 1.29 is 4.79 Å². The fourth-order valence-corrected chi connectivity index (χ4v) is 4.96. The lowest BCUT2D eigenvalue weighted by molar-refractivity contribution is -0.120. The van der Waals surface area contributed by atoms with Crippen LogP contribution in [0.5, 0.6) is 0 Å². The van der Waals surface area contributed by atoms with Gasteiger partial charge in [0.1, 0.15) is 10.7 Å². The number of aromatic nitrogens is 4. The summed E-state index contributed by atoms with van der Waals surface area (Å²) >= 11 is 3.00. The molecule has 9 heteroatoms. The number of fused-ring (bicyclic) bond motifs is 1. The van der Waals surface area contributed by atoms with E-state index in [0.717, 1.165) is 39.6 Å². The molecule has 3 aromatic heterocycles. The van der Waals surface area contributed by atoms with Crippen LogP contribution in [0.25, 0.3) is 10.2 Å². The number of thioether (sulfide) groups is 1. The van der Waals surface area contributed by atoms with Crippen LogP contribution in [0.4, 0.5) is 0 Å². The highest BCUT2D eigenvalue weighted by Crippen LogP contribution is 2.26.